The molecular weight excluding hydrogens is 196 g/mol. The van der Waals surface area contributed by atoms with E-state index in [9.17, 15) is 0 Å². The second kappa shape index (κ2) is 8.35. The largest absolute Gasteiger partial charge is 0.374 e. The molecule has 1 atom stereocenters. The fourth-order valence-electron chi connectivity index (χ4n) is 1.68. The third kappa shape index (κ3) is 5.92. The standard InChI is InChI=1S/C15H23O/c1-3-4-5-7-10-14(2)16-13-15-11-8-6-9-12-15/h6,8-9,11-12,14H,1,3-5,7,10,13H2,2H3. The van der Waals surface area contributed by atoms with Crippen molar-refractivity contribution in [1.82, 2.24) is 0 Å². The molecule has 0 aliphatic carbocycles. The summed E-state index contributed by atoms with van der Waals surface area (Å²) in [6, 6.07) is 10.4. The molecule has 1 aromatic rings. The molecule has 0 saturated heterocycles. The monoisotopic (exact) mass is 219 g/mol. The summed E-state index contributed by atoms with van der Waals surface area (Å²) in [5.41, 5.74) is 1.26. The Kier molecular flexibility index (Phi) is 6.91. The molecular formula is C15H23O. The fourth-order valence-corrected chi connectivity index (χ4v) is 1.68. The van der Waals surface area contributed by atoms with E-state index in [0.717, 1.165) is 19.4 Å². The van der Waals surface area contributed by atoms with Gasteiger partial charge in [0, 0.05) is 0 Å². The van der Waals surface area contributed by atoms with Gasteiger partial charge in [-0.2, -0.15) is 0 Å². The van der Waals surface area contributed by atoms with Crippen LogP contribution in [-0.4, -0.2) is 6.10 Å². The maximum atomic E-state index is 5.79. The Morgan fingerprint density at radius 2 is 1.88 bits per heavy atom. The van der Waals surface area contributed by atoms with Crippen LogP contribution in [0.15, 0.2) is 30.3 Å². The first kappa shape index (κ1) is 13.2. The summed E-state index contributed by atoms with van der Waals surface area (Å²) in [6.45, 7) is 6.74. The smallest absolute Gasteiger partial charge is 0.0720 e. The SMILES string of the molecule is [CH2]CCCCCC(C)OCc1ccccc1. The summed E-state index contributed by atoms with van der Waals surface area (Å²) in [5.74, 6) is 0. The van der Waals surface area contributed by atoms with Gasteiger partial charge in [-0.25, -0.2) is 0 Å². The molecule has 1 heteroatoms. The number of hydrogen-bond acceptors (Lipinski definition) is 1. The molecule has 1 unspecified atom stereocenters. The van der Waals surface area contributed by atoms with Crippen LogP contribution in [0.4, 0.5) is 0 Å². The molecule has 1 radical (unpaired) electrons. The Labute approximate surface area is 99.8 Å². The number of unbranched alkanes of at least 4 members (excludes halogenated alkanes) is 3. The van der Waals surface area contributed by atoms with Crippen molar-refractivity contribution in [2.24, 2.45) is 0 Å². The summed E-state index contributed by atoms with van der Waals surface area (Å²) in [4.78, 5) is 0. The van der Waals surface area contributed by atoms with Crippen molar-refractivity contribution in [3.63, 3.8) is 0 Å². The molecule has 0 saturated carbocycles. The molecule has 1 aromatic carbocycles. The van der Waals surface area contributed by atoms with Crippen molar-refractivity contribution in [2.75, 3.05) is 0 Å². The average Bonchev–Trinajstić information content (AvgIpc) is 2.33. The minimum Gasteiger partial charge on any atom is -0.374 e. The number of rotatable bonds is 8. The van der Waals surface area contributed by atoms with Gasteiger partial charge in [0.05, 0.1) is 12.7 Å². The molecule has 0 heterocycles. The lowest BCUT2D eigenvalue weighted by Crippen LogP contribution is -2.07. The van der Waals surface area contributed by atoms with Crippen molar-refractivity contribution in [3.05, 3.63) is 42.8 Å². The van der Waals surface area contributed by atoms with Crippen molar-refractivity contribution in [1.29, 1.82) is 0 Å². The summed E-state index contributed by atoms with van der Waals surface area (Å²) in [7, 11) is 0. The number of ether oxygens (including phenoxy) is 1. The highest BCUT2D eigenvalue weighted by atomic mass is 16.5. The summed E-state index contributed by atoms with van der Waals surface area (Å²) in [6.07, 6.45) is 6.36. The minimum atomic E-state index is 0.366. The van der Waals surface area contributed by atoms with Crippen LogP contribution in [0.5, 0.6) is 0 Å². The highest BCUT2D eigenvalue weighted by molar-refractivity contribution is 5.13. The third-order valence-electron chi connectivity index (χ3n) is 2.74. The molecule has 0 aromatic heterocycles. The molecule has 89 valence electrons. The normalized spacial score (nSPS) is 12.6. The Morgan fingerprint density at radius 3 is 2.56 bits per heavy atom. The van der Waals surface area contributed by atoms with E-state index in [2.05, 4.69) is 38.1 Å². The van der Waals surface area contributed by atoms with E-state index in [-0.39, 0.29) is 0 Å². The van der Waals surface area contributed by atoms with Crippen molar-refractivity contribution in [3.8, 4) is 0 Å². The quantitative estimate of drug-likeness (QED) is 0.590. The molecule has 1 nitrogen and oxygen atoms in total. The molecule has 0 N–H and O–H groups in total. The van der Waals surface area contributed by atoms with Gasteiger partial charge in [0.25, 0.3) is 0 Å². The maximum Gasteiger partial charge on any atom is 0.0720 e. The Hall–Kier alpha value is -0.820. The van der Waals surface area contributed by atoms with Gasteiger partial charge in [-0.05, 0) is 18.9 Å². The Balaban J connectivity index is 2.08. The van der Waals surface area contributed by atoms with Gasteiger partial charge in [-0.15, -0.1) is 0 Å². The van der Waals surface area contributed by atoms with Crippen LogP contribution in [0.3, 0.4) is 0 Å². The molecule has 1 rings (SSSR count). The van der Waals surface area contributed by atoms with Gasteiger partial charge in [-0.3, -0.25) is 0 Å². The molecule has 0 amide bonds. The van der Waals surface area contributed by atoms with Crippen LogP contribution in [-0.2, 0) is 11.3 Å². The Morgan fingerprint density at radius 1 is 1.12 bits per heavy atom. The first-order valence-corrected chi connectivity index (χ1v) is 6.27. The van der Waals surface area contributed by atoms with Crippen molar-refractivity contribution >= 4 is 0 Å². The molecule has 0 aliphatic rings. The lowest BCUT2D eigenvalue weighted by Gasteiger charge is -2.12. The molecule has 0 aliphatic heterocycles. The predicted octanol–water partition coefficient (Wildman–Crippen LogP) is 4.38. The summed E-state index contributed by atoms with van der Waals surface area (Å²) in [5, 5.41) is 0. The minimum absolute atomic E-state index is 0.366. The molecule has 0 spiro atoms. The first-order valence-electron chi connectivity index (χ1n) is 6.27. The molecule has 16 heavy (non-hydrogen) atoms. The lowest BCUT2D eigenvalue weighted by molar-refractivity contribution is 0.0459. The molecule has 0 bridgehead atoms. The Bertz CT molecular complexity index is 255. The number of hydrogen-bond donors (Lipinski definition) is 0. The zero-order valence-corrected chi connectivity index (χ0v) is 10.3. The van der Waals surface area contributed by atoms with E-state index >= 15 is 0 Å². The number of benzene rings is 1. The van der Waals surface area contributed by atoms with Gasteiger partial charge in [0.1, 0.15) is 0 Å². The second-order valence-corrected chi connectivity index (χ2v) is 4.31. The zero-order chi connectivity index (χ0) is 11.6. The van der Waals surface area contributed by atoms with Crippen molar-refractivity contribution < 1.29 is 4.74 Å². The van der Waals surface area contributed by atoms with Gasteiger partial charge < -0.3 is 4.74 Å². The second-order valence-electron chi connectivity index (χ2n) is 4.31. The van der Waals surface area contributed by atoms with Crippen LogP contribution in [0.2, 0.25) is 0 Å². The van der Waals surface area contributed by atoms with Crippen molar-refractivity contribution in [2.45, 2.75) is 51.7 Å². The van der Waals surface area contributed by atoms with Crippen LogP contribution in [0, 0.1) is 6.92 Å². The van der Waals surface area contributed by atoms with Crippen LogP contribution < -0.4 is 0 Å². The topological polar surface area (TPSA) is 9.23 Å². The average molecular weight is 219 g/mol. The highest BCUT2D eigenvalue weighted by Gasteiger charge is 2.02. The fraction of sp³-hybridized carbons (Fsp3) is 0.533. The van der Waals surface area contributed by atoms with E-state index < -0.39 is 0 Å². The van der Waals surface area contributed by atoms with Crippen LogP contribution >= 0.6 is 0 Å². The van der Waals surface area contributed by atoms with E-state index in [1.165, 1.54) is 24.8 Å². The predicted molar refractivity (Wildman–Crippen MR) is 69.1 cm³/mol. The van der Waals surface area contributed by atoms with Crippen LogP contribution in [0.1, 0.15) is 44.6 Å². The van der Waals surface area contributed by atoms with E-state index in [0.29, 0.717) is 6.10 Å². The van der Waals surface area contributed by atoms with E-state index in [1.807, 2.05) is 6.07 Å². The van der Waals surface area contributed by atoms with Gasteiger partial charge >= 0.3 is 0 Å². The maximum absolute atomic E-state index is 5.79. The molecule has 0 fully saturated rings. The van der Waals surface area contributed by atoms with Gasteiger partial charge in [-0.1, -0.05) is 62.9 Å². The van der Waals surface area contributed by atoms with E-state index in [4.69, 9.17) is 4.74 Å². The van der Waals surface area contributed by atoms with Crippen LogP contribution in [0.25, 0.3) is 0 Å². The first-order chi connectivity index (χ1) is 7.83. The van der Waals surface area contributed by atoms with Gasteiger partial charge in [0.15, 0.2) is 0 Å². The highest BCUT2D eigenvalue weighted by Crippen LogP contribution is 2.10. The zero-order valence-electron chi connectivity index (χ0n) is 10.3. The third-order valence-corrected chi connectivity index (χ3v) is 2.74. The van der Waals surface area contributed by atoms with Gasteiger partial charge in [0.2, 0.25) is 0 Å². The summed E-state index contributed by atoms with van der Waals surface area (Å²) < 4.78 is 5.79. The lowest BCUT2D eigenvalue weighted by atomic mass is 10.1. The summed E-state index contributed by atoms with van der Waals surface area (Å²) >= 11 is 0. The van der Waals surface area contributed by atoms with E-state index in [1.54, 1.807) is 0 Å².